The highest BCUT2D eigenvalue weighted by atomic mass is 32.1. The van der Waals surface area contributed by atoms with Crippen LogP contribution in [0.25, 0.3) is 108 Å². The lowest BCUT2D eigenvalue weighted by molar-refractivity contribution is 1.43. The molecule has 3 aromatic heterocycles. The Kier molecular flexibility index (Phi) is 6.76. The van der Waals surface area contributed by atoms with Gasteiger partial charge in [0.15, 0.2) is 0 Å². The Bertz CT molecular complexity index is 3250. The minimum absolute atomic E-state index is 1.03. The summed E-state index contributed by atoms with van der Waals surface area (Å²) in [4.78, 5) is 9.76. The number of pyridine rings is 2. The normalized spacial score (nSPS) is 11.8. The summed E-state index contributed by atoms with van der Waals surface area (Å²) < 4.78 is 2.62. The summed E-state index contributed by atoms with van der Waals surface area (Å²) in [5.74, 6) is 0. The van der Waals surface area contributed by atoms with Gasteiger partial charge in [0.1, 0.15) is 0 Å². The van der Waals surface area contributed by atoms with E-state index in [-0.39, 0.29) is 0 Å². The first kappa shape index (κ1) is 30.0. The van der Waals surface area contributed by atoms with E-state index < -0.39 is 0 Å². The van der Waals surface area contributed by atoms with E-state index in [9.17, 15) is 0 Å². The Morgan fingerprint density at radius 3 is 1.58 bits per heavy atom. The van der Waals surface area contributed by atoms with E-state index in [1.54, 1.807) is 0 Å². The van der Waals surface area contributed by atoms with Crippen molar-refractivity contribution < 1.29 is 0 Å². The molecular weight excluding hydrogens is 661 g/mol. The number of aromatic nitrogens is 2. The maximum Gasteiger partial charge on any atom is 0.0786 e. The summed E-state index contributed by atoms with van der Waals surface area (Å²) in [6.07, 6.45) is 3.80. The number of thiophene rings is 1. The molecule has 11 rings (SSSR count). The molecule has 0 atom stereocenters. The van der Waals surface area contributed by atoms with E-state index in [2.05, 4.69) is 158 Å². The molecule has 0 spiro atoms. The van der Waals surface area contributed by atoms with Gasteiger partial charge in [0.2, 0.25) is 0 Å². The highest BCUT2D eigenvalue weighted by Gasteiger charge is 2.16. The fourth-order valence-electron chi connectivity index (χ4n) is 8.26. The van der Waals surface area contributed by atoms with Gasteiger partial charge in [0.25, 0.3) is 0 Å². The largest absolute Gasteiger partial charge is 0.256 e. The minimum Gasteiger partial charge on any atom is -0.256 e. The molecule has 3 heterocycles. The number of nitrogens with zero attached hydrogens (tertiary/aromatic N) is 2. The molecule has 246 valence electrons. The molecule has 3 heteroatoms. The number of hydrogen-bond acceptors (Lipinski definition) is 3. The first-order valence-electron chi connectivity index (χ1n) is 18.0. The van der Waals surface area contributed by atoms with Gasteiger partial charge in [-0.15, -0.1) is 11.3 Å². The van der Waals surface area contributed by atoms with Gasteiger partial charge in [0.05, 0.1) is 11.0 Å². The van der Waals surface area contributed by atoms with E-state index in [4.69, 9.17) is 9.97 Å². The lowest BCUT2D eigenvalue weighted by Gasteiger charge is -2.15. The van der Waals surface area contributed by atoms with Crippen LogP contribution in [-0.4, -0.2) is 9.97 Å². The molecule has 0 fully saturated rings. The molecule has 0 aliphatic heterocycles. The van der Waals surface area contributed by atoms with Gasteiger partial charge in [-0.25, -0.2) is 0 Å². The summed E-state index contributed by atoms with van der Waals surface area (Å²) in [6, 6.07) is 61.9. The number of rotatable bonds is 4. The van der Waals surface area contributed by atoms with Gasteiger partial charge in [-0.3, -0.25) is 9.97 Å². The Morgan fingerprint density at radius 2 is 0.849 bits per heavy atom. The quantitative estimate of drug-likeness (QED) is 0.172. The van der Waals surface area contributed by atoms with Crippen LogP contribution in [0.5, 0.6) is 0 Å². The zero-order valence-electron chi connectivity index (χ0n) is 28.6. The monoisotopic (exact) mass is 690 g/mol. The zero-order valence-corrected chi connectivity index (χ0v) is 29.4. The molecule has 8 aromatic carbocycles. The van der Waals surface area contributed by atoms with Crippen molar-refractivity contribution in [1.82, 2.24) is 9.97 Å². The van der Waals surface area contributed by atoms with Gasteiger partial charge >= 0.3 is 0 Å². The number of fused-ring (bicyclic) bond motifs is 9. The van der Waals surface area contributed by atoms with Crippen molar-refractivity contribution in [1.29, 1.82) is 0 Å². The number of hydrogen-bond donors (Lipinski definition) is 0. The van der Waals surface area contributed by atoms with E-state index in [1.165, 1.54) is 86.2 Å². The molecule has 0 aliphatic carbocycles. The average Bonchev–Trinajstić information content (AvgIpc) is 3.62. The topological polar surface area (TPSA) is 25.8 Å². The van der Waals surface area contributed by atoms with Crippen LogP contribution in [0.1, 0.15) is 0 Å². The lowest BCUT2D eigenvalue weighted by Crippen LogP contribution is -1.90. The molecule has 0 N–H and O–H groups in total. The summed E-state index contributed by atoms with van der Waals surface area (Å²) >= 11 is 1.88. The van der Waals surface area contributed by atoms with E-state index in [1.807, 2.05) is 35.9 Å². The molecule has 2 nitrogen and oxygen atoms in total. The van der Waals surface area contributed by atoms with Crippen molar-refractivity contribution in [3.05, 3.63) is 182 Å². The van der Waals surface area contributed by atoms with Crippen molar-refractivity contribution in [2.45, 2.75) is 0 Å². The van der Waals surface area contributed by atoms with Crippen LogP contribution in [0.3, 0.4) is 0 Å². The predicted octanol–water partition coefficient (Wildman–Crippen LogP) is 14.1. The number of benzene rings is 8. The molecule has 53 heavy (non-hydrogen) atoms. The Labute approximate surface area is 310 Å². The van der Waals surface area contributed by atoms with Crippen LogP contribution < -0.4 is 0 Å². The zero-order chi connectivity index (χ0) is 34.9. The Hall–Kier alpha value is -6.68. The minimum atomic E-state index is 1.03. The molecule has 0 bridgehead atoms. The second kappa shape index (κ2) is 11.9. The van der Waals surface area contributed by atoms with E-state index >= 15 is 0 Å². The Balaban J connectivity index is 1.18. The van der Waals surface area contributed by atoms with Crippen LogP contribution in [0.4, 0.5) is 0 Å². The molecule has 0 saturated carbocycles. The van der Waals surface area contributed by atoms with Gasteiger partial charge in [0, 0.05) is 54.1 Å². The first-order valence-corrected chi connectivity index (χ1v) is 18.8. The van der Waals surface area contributed by atoms with Crippen molar-refractivity contribution in [3.8, 4) is 44.5 Å². The van der Waals surface area contributed by atoms with Crippen LogP contribution in [0.2, 0.25) is 0 Å². The predicted molar refractivity (Wildman–Crippen MR) is 227 cm³/mol. The molecule has 11 aromatic rings. The maximum absolute atomic E-state index is 4.91. The third-order valence-electron chi connectivity index (χ3n) is 10.7. The van der Waals surface area contributed by atoms with Crippen LogP contribution in [0, 0.1) is 0 Å². The molecule has 0 unspecified atom stereocenters. The Morgan fingerprint density at radius 1 is 0.340 bits per heavy atom. The molecule has 0 amide bonds. The van der Waals surface area contributed by atoms with Crippen molar-refractivity contribution in [2.75, 3.05) is 0 Å². The smallest absolute Gasteiger partial charge is 0.0786 e. The van der Waals surface area contributed by atoms with Gasteiger partial charge in [-0.05, 0) is 97.7 Å². The van der Waals surface area contributed by atoms with Crippen LogP contribution in [-0.2, 0) is 0 Å². The van der Waals surface area contributed by atoms with Crippen LogP contribution >= 0.6 is 11.3 Å². The highest BCUT2D eigenvalue weighted by molar-refractivity contribution is 7.26. The summed E-state index contributed by atoms with van der Waals surface area (Å²) in [5.41, 5.74) is 11.6. The summed E-state index contributed by atoms with van der Waals surface area (Å²) in [5, 5.41) is 9.64. The second-order valence-electron chi connectivity index (χ2n) is 13.7. The van der Waals surface area contributed by atoms with Gasteiger partial charge in [-0.1, -0.05) is 127 Å². The second-order valence-corrected chi connectivity index (χ2v) is 14.8. The third-order valence-corrected chi connectivity index (χ3v) is 11.9. The highest BCUT2D eigenvalue weighted by Crippen LogP contribution is 2.44. The fraction of sp³-hybridized carbons (Fsp3) is 0. The van der Waals surface area contributed by atoms with Gasteiger partial charge in [-0.2, -0.15) is 0 Å². The molecule has 0 radical (unpaired) electrons. The molecule has 0 aliphatic rings. The van der Waals surface area contributed by atoms with E-state index in [0.717, 1.165) is 21.8 Å². The summed E-state index contributed by atoms with van der Waals surface area (Å²) in [6.45, 7) is 0. The van der Waals surface area contributed by atoms with Crippen LogP contribution in [0.15, 0.2) is 182 Å². The SMILES string of the molecule is c1cc(-c2cc(-c3cccc4c3sc3ccccc34)cc(-c3cccc4ccc5cccnc5c34)c2)cc(-c2cccc3ccc4cccnc4c23)c1. The van der Waals surface area contributed by atoms with Crippen molar-refractivity contribution in [3.63, 3.8) is 0 Å². The maximum atomic E-state index is 4.91. The molecular formula is C50H30N2S. The summed E-state index contributed by atoms with van der Waals surface area (Å²) in [7, 11) is 0. The van der Waals surface area contributed by atoms with Crippen molar-refractivity contribution in [2.24, 2.45) is 0 Å². The standard InChI is InChI=1S/C50H30N2S/c1-2-20-45-43(15-1)44-19-6-18-42(50(44)53-45)39-29-37(28-38(30-39)41-17-5-10-32-22-24-34-14-8-26-52-49(34)47(32)41)35-11-3-12-36(27-35)40-16-4-9-31-21-23-33-13-7-25-51-48(33)46(31)40/h1-30H. The third kappa shape index (κ3) is 4.86. The molecule has 0 saturated heterocycles. The average molecular weight is 691 g/mol. The fourth-order valence-corrected chi connectivity index (χ4v) is 9.49. The van der Waals surface area contributed by atoms with E-state index in [0.29, 0.717) is 0 Å². The first-order chi connectivity index (χ1) is 26.3. The lowest BCUT2D eigenvalue weighted by atomic mass is 9.89. The van der Waals surface area contributed by atoms with Crippen molar-refractivity contribution >= 4 is 74.9 Å². The van der Waals surface area contributed by atoms with Gasteiger partial charge < -0.3 is 0 Å².